The van der Waals surface area contributed by atoms with Crippen LogP contribution in [0.2, 0.25) is 5.15 Å². The summed E-state index contributed by atoms with van der Waals surface area (Å²) in [6.45, 7) is 0. The van der Waals surface area contributed by atoms with Crippen LogP contribution in [0.25, 0.3) is 17.1 Å². The minimum Gasteiger partial charge on any atom is -0.461 e. The molecular weight excluding hydrogens is 226 g/mol. The summed E-state index contributed by atoms with van der Waals surface area (Å²) < 4.78 is 7.06. The van der Waals surface area contributed by atoms with Crippen molar-refractivity contribution in [2.45, 2.75) is 0 Å². The summed E-state index contributed by atoms with van der Waals surface area (Å²) in [6, 6.07) is 9.10. The lowest BCUT2D eigenvalue weighted by atomic mass is 10.4. The Hall–Kier alpha value is -1.94. The van der Waals surface area contributed by atoms with Gasteiger partial charge < -0.3 is 10.2 Å². The number of hydrogen-bond acceptors (Lipinski definition) is 3. The molecule has 3 rings (SSSR count). The normalized spacial score (nSPS) is 11.1. The fourth-order valence-electron chi connectivity index (χ4n) is 1.69. The van der Waals surface area contributed by atoms with Crippen molar-refractivity contribution >= 4 is 22.9 Å². The molecule has 0 fully saturated rings. The van der Waals surface area contributed by atoms with Gasteiger partial charge in [0.2, 0.25) is 0 Å². The molecule has 0 atom stereocenters. The van der Waals surface area contributed by atoms with Crippen molar-refractivity contribution in [3.8, 4) is 11.6 Å². The van der Waals surface area contributed by atoms with Crippen LogP contribution in [-0.2, 0) is 0 Å². The van der Waals surface area contributed by atoms with Crippen LogP contribution < -0.4 is 5.73 Å². The van der Waals surface area contributed by atoms with Crippen molar-refractivity contribution in [3.63, 3.8) is 0 Å². The molecule has 0 saturated carbocycles. The van der Waals surface area contributed by atoms with Crippen LogP contribution in [0, 0.1) is 0 Å². The Morgan fingerprint density at radius 1 is 1.25 bits per heavy atom. The molecule has 0 aromatic carbocycles. The lowest BCUT2D eigenvalue weighted by Crippen LogP contribution is -1.97. The highest BCUT2D eigenvalue weighted by Crippen LogP contribution is 2.28. The molecule has 0 aliphatic rings. The van der Waals surface area contributed by atoms with Crippen molar-refractivity contribution in [1.82, 2.24) is 9.38 Å². The second-order valence-electron chi connectivity index (χ2n) is 3.37. The van der Waals surface area contributed by atoms with Gasteiger partial charge in [-0.2, -0.15) is 0 Å². The number of hydrogen-bond donors (Lipinski definition) is 1. The zero-order chi connectivity index (χ0) is 11.1. The molecule has 0 spiro atoms. The number of nitrogens with two attached hydrogens (primary N) is 1. The number of nitrogen functional groups attached to an aromatic ring is 1. The van der Waals surface area contributed by atoms with Gasteiger partial charge in [0, 0.05) is 0 Å². The van der Waals surface area contributed by atoms with Crippen LogP contribution in [0.5, 0.6) is 0 Å². The van der Waals surface area contributed by atoms with E-state index in [1.165, 1.54) is 0 Å². The summed E-state index contributed by atoms with van der Waals surface area (Å²) >= 11 is 6.04. The molecular formula is C11H8ClN3O. The predicted molar refractivity (Wildman–Crippen MR) is 62.3 cm³/mol. The van der Waals surface area contributed by atoms with Gasteiger partial charge in [0.1, 0.15) is 5.82 Å². The van der Waals surface area contributed by atoms with Crippen LogP contribution in [0.4, 0.5) is 5.82 Å². The maximum Gasteiger partial charge on any atom is 0.183 e. The summed E-state index contributed by atoms with van der Waals surface area (Å²) in [5, 5.41) is 0.415. The number of fused-ring (bicyclic) bond motifs is 1. The number of anilines is 1. The van der Waals surface area contributed by atoms with Crippen LogP contribution >= 0.6 is 11.6 Å². The van der Waals surface area contributed by atoms with Crippen molar-refractivity contribution in [3.05, 3.63) is 41.7 Å². The Balaban J connectivity index is 2.42. The molecule has 5 heteroatoms. The van der Waals surface area contributed by atoms with E-state index >= 15 is 0 Å². The summed E-state index contributed by atoms with van der Waals surface area (Å²) in [4.78, 5) is 4.25. The van der Waals surface area contributed by atoms with Gasteiger partial charge in [-0.15, -0.1) is 0 Å². The zero-order valence-electron chi connectivity index (χ0n) is 8.22. The maximum absolute atomic E-state index is 6.04. The van der Waals surface area contributed by atoms with Crippen LogP contribution in [-0.4, -0.2) is 9.38 Å². The molecule has 80 valence electrons. The van der Waals surface area contributed by atoms with Gasteiger partial charge in [0.15, 0.2) is 16.7 Å². The van der Waals surface area contributed by atoms with Crippen molar-refractivity contribution in [1.29, 1.82) is 0 Å². The molecule has 3 aromatic rings. The molecule has 0 radical (unpaired) electrons. The summed E-state index contributed by atoms with van der Waals surface area (Å²) in [7, 11) is 0. The van der Waals surface area contributed by atoms with Gasteiger partial charge in [-0.1, -0.05) is 17.7 Å². The minimum atomic E-state index is 0.415. The standard InChI is InChI=1S/C11H8ClN3O/c12-10-7-3-1-5-9(13)15(7)11(14-10)8-4-2-6-16-8/h1-6H,13H2. The van der Waals surface area contributed by atoms with E-state index in [4.69, 9.17) is 21.8 Å². The Bertz CT molecular complexity index is 643. The van der Waals surface area contributed by atoms with Crippen molar-refractivity contribution in [2.75, 3.05) is 5.73 Å². The monoisotopic (exact) mass is 233 g/mol. The van der Waals surface area contributed by atoms with Crippen LogP contribution in [0.3, 0.4) is 0 Å². The average molecular weight is 234 g/mol. The van der Waals surface area contributed by atoms with Crippen molar-refractivity contribution < 1.29 is 4.42 Å². The van der Waals surface area contributed by atoms with Gasteiger partial charge in [0.25, 0.3) is 0 Å². The van der Waals surface area contributed by atoms with Gasteiger partial charge in [-0.05, 0) is 24.3 Å². The third kappa shape index (κ3) is 1.20. The third-order valence-corrected chi connectivity index (χ3v) is 2.67. The molecule has 0 unspecified atom stereocenters. The van der Waals surface area contributed by atoms with E-state index in [0.29, 0.717) is 22.6 Å². The Morgan fingerprint density at radius 3 is 2.88 bits per heavy atom. The van der Waals surface area contributed by atoms with E-state index in [1.807, 2.05) is 18.2 Å². The van der Waals surface area contributed by atoms with E-state index < -0.39 is 0 Å². The van der Waals surface area contributed by atoms with E-state index in [2.05, 4.69) is 4.98 Å². The fourth-order valence-corrected chi connectivity index (χ4v) is 1.92. The fraction of sp³-hybridized carbons (Fsp3) is 0. The summed E-state index contributed by atoms with van der Waals surface area (Å²) in [5.74, 6) is 1.83. The molecule has 0 amide bonds. The van der Waals surface area contributed by atoms with Gasteiger partial charge in [0.05, 0.1) is 11.8 Å². The van der Waals surface area contributed by atoms with E-state index in [-0.39, 0.29) is 0 Å². The van der Waals surface area contributed by atoms with Gasteiger partial charge in [-0.25, -0.2) is 4.98 Å². The first-order valence-electron chi connectivity index (χ1n) is 4.73. The first-order chi connectivity index (χ1) is 7.77. The number of rotatable bonds is 1. The van der Waals surface area contributed by atoms with E-state index in [0.717, 1.165) is 5.52 Å². The SMILES string of the molecule is Nc1cccc2c(Cl)nc(-c3ccco3)n12. The van der Waals surface area contributed by atoms with Gasteiger partial charge >= 0.3 is 0 Å². The second kappa shape index (κ2) is 3.28. The lowest BCUT2D eigenvalue weighted by Gasteiger charge is -2.01. The lowest BCUT2D eigenvalue weighted by molar-refractivity contribution is 0.577. The Morgan fingerprint density at radius 2 is 2.12 bits per heavy atom. The topological polar surface area (TPSA) is 56.5 Å². The maximum atomic E-state index is 6.04. The smallest absolute Gasteiger partial charge is 0.183 e. The number of aromatic nitrogens is 2. The minimum absolute atomic E-state index is 0.415. The van der Waals surface area contributed by atoms with Crippen LogP contribution in [0.1, 0.15) is 0 Å². The molecule has 2 N–H and O–H groups in total. The number of imidazole rings is 1. The largest absolute Gasteiger partial charge is 0.461 e. The highest BCUT2D eigenvalue weighted by molar-refractivity contribution is 6.33. The predicted octanol–water partition coefficient (Wildman–Crippen LogP) is 2.83. The molecule has 16 heavy (non-hydrogen) atoms. The van der Waals surface area contributed by atoms with Gasteiger partial charge in [-0.3, -0.25) is 4.40 Å². The first-order valence-corrected chi connectivity index (χ1v) is 5.11. The molecule has 0 aliphatic heterocycles. The zero-order valence-corrected chi connectivity index (χ0v) is 8.98. The van der Waals surface area contributed by atoms with Crippen molar-refractivity contribution in [2.24, 2.45) is 0 Å². The summed E-state index contributed by atoms with van der Waals surface area (Å²) in [6.07, 6.45) is 1.59. The quantitative estimate of drug-likeness (QED) is 0.703. The highest BCUT2D eigenvalue weighted by atomic mass is 35.5. The molecule has 3 aromatic heterocycles. The Labute approximate surface area is 96.3 Å². The number of nitrogens with zero attached hydrogens (tertiary/aromatic N) is 2. The van der Waals surface area contributed by atoms with E-state index in [9.17, 15) is 0 Å². The molecule has 3 heterocycles. The van der Waals surface area contributed by atoms with Crippen LogP contribution in [0.15, 0.2) is 41.0 Å². The number of halogens is 1. The highest BCUT2D eigenvalue weighted by Gasteiger charge is 2.14. The number of furan rings is 1. The molecule has 0 bridgehead atoms. The third-order valence-electron chi connectivity index (χ3n) is 2.39. The number of pyridine rings is 1. The average Bonchev–Trinajstić information content (AvgIpc) is 2.87. The Kier molecular flexibility index (Phi) is 1.91. The second-order valence-corrected chi connectivity index (χ2v) is 3.73. The van der Waals surface area contributed by atoms with E-state index in [1.54, 1.807) is 22.8 Å². The molecule has 4 nitrogen and oxygen atoms in total. The molecule has 0 aliphatic carbocycles. The molecule has 0 saturated heterocycles. The summed E-state index contributed by atoms with van der Waals surface area (Å²) in [5.41, 5.74) is 6.67. The first kappa shape index (κ1) is 9.30.